The summed E-state index contributed by atoms with van der Waals surface area (Å²) in [6, 6.07) is 6.19. The van der Waals surface area contributed by atoms with Crippen molar-refractivity contribution in [2.45, 2.75) is 0 Å². The highest BCUT2D eigenvalue weighted by Gasteiger charge is 2.12. The van der Waals surface area contributed by atoms with E-state index in [1.165, 1.54) is 24.4 Å². The third-order valence-electron chi connectivity index (χ3n) is 2.30. The molecule has 6 heteroatoms. The molecule has 1 heterocycles. The van der Waals surface area contributed by atoms with Crippen LogP contribution in [0.2, 0.25) is 0 Å². The first-order valence-corrected chi connectivity index (χ1v) is 4.85. The maximum Gasteiger partial charge on any atom is 0.488 e. The Labute approximate surface area is 96.5 Å². The van der Waals surface area contributed by atoms with E-state index in [2.05, 4.69) is 4.98 Å². The van der Waals surface area contributed by atoms with E-state index < -0.39 is 18.8 Å². The highest BCUT2D eigenvalue weighted by Crippen LogP contribution is 2.18. The lowest BCUT2D eigenvalue weighted by atomic mass is 9.80. The van der Waals surface area contributed by atoms with Crippen molar-refractivity contribution in [1.29, 1.82) is 0 Å². The summed E-state index contributed by atoms with van der Waals surface area (Å²) in [4.78, 5) is 3.95. The predicted octanol–water partition coefficient (Wildman–Crippen LogP) is 0.707. The molecular weight excluding hydrogens is 227 g/mol. The number of pyridine rings is 1. The fourth-order valence-corrected chi connectivity index (χ4v) is 1.42. The molecule has 86 valence electrons. The number of hydrogen-bond donors (Lipinski definition) is 2. The molecule has 0 unspecified atom stereocenters. The molecular formula is C11H8BF2NO2. The lowest BCUT2D eigenvalue weighted by Gasteiger charge is -2.04. The number of aromatic nitrogens is 1. The van der Waals surface area contributed by atoms with E-state index in [9.17, 15) is 8.78 Å². The molecule has 0 saturated heterocycles. The van der Waals surface area contributed by atoms with Gasteiger partial charge in [-0.2, -0.15) is 0 Å². The van der Waals surface area contributed by atoms with Gasteiger partial charge in [-0.3, -0.25) is 4.98 Å². The molecule has 1 aromatic carbocycles. The Morgan fingerprint density at radius 1 is 1.00 bits per heavy atom. The van der Waals surface area contributed by atoms with Gasteiger partial charge in [0.15, 0.2) is 11.6 Å². The lowest BCUT2D eigenvalue weighted by molar-refractivity contribution is 0.425. The van der Waals surface area contributed by atoms with E-state index in [-0.39, 0.29) is 5.46 Å². The summed E-state index contributed by atoms with van der Waals surface area (Å²) in [7, 11) is -1.62. The third kappa shape index (κ3) is 2.48. The van der Waals surface area contributed by atoms with Crippen molar-refractivity contribution in [1.82, 2.24) is 4.98 Å². The van der Waals surface area contributed by atoms with Gasteiger partial charge in [0.05, 0.1) is 5.69 Å². The average Bonchev–Trinajstić information content (AvgIpc) is 2.33. The van der Waals surface area contributed by atoms with Crippen molar-refractivity contribution >= 4 is 12.6 Å². The van der Waals surface area contributed by atoms with Crippen LogP contribution in [0.4, 0.5) is 8.78 Å². The second-order valence-corrected chi connectivity index (χ2v) is 3.48. The van der Waals surface area contributed by atoms with Gasteiger partial charge in [-0.1, -0.05) is 0 Å². The van der Waals surface area contributed by atoms with Crippen molar-refractivity contribution in [3.8, 4) is 11.3 Å². The van der Waals surface area contributed by atoms with Gasteiger partial charge in [-0.15, -0.1) is 0 Å². The Bertz CT molecular complexity index is 549. The van der Waals surface area contributed by atoms with E-state index in [1.54, 1.807) is 0 Å². The number of hydrogen-bond acceptors (Lipinski definition) is 3. The van der Waals surface area contributed by atoms with Crippen LogP contribution >= 0.6 is 0 Å². The second-order valence-electron chi connectivity index (χ2n) is 3.48. The number of nitrogens with zero attached hydrogens (tertiary/aromatic N) is 1. The zero-order chi connectivity index (χ0) is 12.4. The number of benzene rings is 1. The molecule has 2 aromatic rings. The smallest absolute Gasteiger partial charge is 0.423 e. The molecule has 0 aliphatic rings. The van der Waals surface area contributed by atoms with E-state index in [0.29, 0.717) is 11.3 Å². The molecule has 0 spiro atoms. The molecule has 0 fully saturated rings. The minimum absolute atomic E-state index is 0.236. The summed E-state index contributed by atoms with van der Waals surface area (Å²) >= 11 is 0. The van der Waals surface area contributed by atoms with Crippen molar-refractivity contribution < 1.29 is 18.8 Å². The molecule has 0 atom stereocenters. The van der Waals surface area contributed by atoms with Crippen LogP contribution in [0.5, 0.6) is 0 Å². The third-order valence-corrected chi connectivity index (χ3v) is 2.30. The van der Waals surface area contributed by atoms with E-state index in [0.717, 1.165) is 12.1 Å². The van der Waals surface area contributed by atoms with Crippen LogP contribution < -0.4 is 5.46 Å². The predicted molar refractivity (Wildman–Crippen MR) is 59.4 cm³/mol. The van der Waals surface area contributed by atoms with Gasteiger partial charge in [-0.05, 0) is 35.8 Å². The van der Waals surface area contributed by atoms with Crippen LogP contribution in [-0.2, 0) is 0 Å². The Balaban J connectivity index is 2.45. The maximum absolute atomic E-state index is 13.0. The van der Waals surface area contributed by atoms with Crippen LogP contribution in [0.25, 0.3) is 11.3 Å². The molecule has 2 N–H and O–H groups in total. The summed E-state index contributed by atoms with van der Waals surface area (Å²) in [5.74, 6) is -1.91. The van der Waals surface area contributed by atoms with Gasteiger partial charge in [-0.25, -0.2) is 8.78 Å². The molecule has 3 nitrogen and oxygen atoms in total. The molecule has 2 rings (SSSR count). The molecule has 0 bridgehead atoms. The molecule has 0 radical (unpaired) electrons. The largest absolute Gasteiger partial charge is 0.488 e. The average molecular weight is 235 g/mol. The van der Waals surface area contributed by atoms with Crippen LogP contribution in [0.1, 0.15) is 0 Å². The summed E-state index contributed by atoms with van der Waals surface area (Å²) in [6.45, 7) is 0. The summed E-state index contributed by atoms with van der Waals surface area (Å²) in [5, 5.41) is 18.0. The first-order chi connectivity index (χ1) is 8.08. The first kappa shape index (κ1) is 11.7. The maximum atomic E-state index is 13.0. The molecule has 0 saturated carbocycles. The standard InChI is InChI=1S/C11H8BF2NO2/c13-9-2-1-7(5-10(9)14)11-6-8(12(16)17)3-4-15-11/h1-6,16-17H. The minimum Gasteiger partial charge on any atom is -0.423 e. The van der Waals surface area contributed by atoms with E-state index >= 15 is 0 Å². The van der Waals surface area contributed by atoms with Gasteiger partial charge >= 0.3 is 7.12 Å². The second kappa shape index (κ2) is 4.61. The zero-order valence-electron chi connectivity index (χ0n) is 8.64. The molecule has 0 aliphatic heterocycles. The first-order valence-electron chi connectivity index (χ1n) is 4.85. The van der Waals surface area contributed by atoms with Gasteiger partial charge in [0, 0.05) is 11.8 Å². The van der Waals surface area contributed by atoms with Crippen LogP contribution in [0.15, 0.2) is 36.5 Å². The Hall–Kier alpha value is -1.79. The normalized spacial score (nSPS) is 10.4. The van der Waals surface area contributed by atoms with Gasteiger partial charge < -0.3 is 10.0 Å². The zero-order valence-corrected chi connectivity index (χ0v) is 8.64. The van der Waals surface area contributed by atoms with Gasteiger partial charge in [0.25, 0.3) is 0 Å². The SMILES string of the molecule is OB(O)c1ccnc(-c2ccc(F)c(F)c2)c1. The summed E-state index contributed by atoms with van der Waals surface area (Å²) in [6.07, 6.45) is 1.37. The van der Waals surface area contributed by atoms with Crippen molar-refractivity contribution in [3.63, 3.8) is 0 Å². The highest BCUT2D eigenvalue weighted by molar-refractivity contribution is 6.58. The molecule has 0 amide bonds. The highest BCUT2D eigenvalue weighted by atomic mass is 19.2. The van der Waals surface area contributed by atoms with E-state index in [4.69, 9.17) is 10.0 Å². The van der Waals surface area contributed by atoms with Crippen LogP contribution in [0, 0.1) is 11.6 Å². The molecule has 1 aromatic heterocycles. The number of rotatable bonds is 2. The van der Waals surface area contributed by atoms with Crippen molar-refractivity contribution in [3.05, 3.63) is 48.2 Å². The van der Waals surface area contributed by atoms with Crippen molar-refractivity contribution in [2.75, 3.05) is 0 Å². The topological polar surface area (TPSA) is 53.4 Å². The summed E-state index contributed by atoms with van der Waals surface area (Å²) in [5.41, 5.74) is 0.945. The van der Waals surface area contributed by atoms with E-state index in [1.807, 2.05) is 0 Å². The van der Waals surface area contributed by atoms with Crippen LogP contribution in [-0.4, -0.2) is 22.2 Å². The van der Waals surface area contributed by atoms with Crippen molar-refractivity contribution in [2.24, 2.45) is 0 Å². The lowest BCUT2D eigenvalue weighted by Crippen LogP contribution is -2.29. The minimum atomic E-state index is -1.62. The Morgan fingerprint density at radius 2 is 1.76 bits per heavy atom. The van der Waals surface area contributed by atoms with Gasteiger partial charge in [0.2, 0.25) is 0 Å². The Morgan fingerprint density at radius 3 is 2.41 bits per heavy atom. The molecule has 0 aliphatic carbocycles. The fraction of sp³-hybridized carbons (Fsp3) is 0. The quantitative estimate of drug-likeness (QED) is 0.753. The van der Waals surface area contributed by atoms with Gasteiger partial charge in [0.1, 0.15) is 0 Å². The molecule has 17 heavy (non-hydrogen) atoms. The summed E-state index contributed by atoms with van der Waals surface area (Å²) < 4.78 is 25.8. The number of halogens is 2. The Kier molecular flexibility index (Phi) is 3.17. The monoisotopic (exact) mass is 235 g/mol. The van der Waals surface area contributed by atoms with Crippen LogP contribution in [0.3, 0.4) is 0 Å². The fourth-order valence-electron chi connectivity index (χ4n) is 1.42.